The molecule has 0 unspecified atom stereocenters. The quantitative estimate of drug-likeness (QED) is 0.678. The first kappa shape index (κ1) is 16.1. The maximum Gasteiger partial charge on any atom is 0.211 e. The molecule has 0 saturated heterocycles. The van der Waals surface area contributed by atoms with Gasteiger partial charge in [-0.3, -0.25) is 0 Å². The van der Waals surface area contributed by atoms with Gasteiger partial charge in [0.15, 0.2) is 0 Å². The van der Waals surface area contributed by atoms with Gasteiger partial charge in [0.25, 0.3) is 0 Å². The van der Waals surface area contributed by atoms with Gasteiger partial charge in [0, 0.05) is 6.54 Å². The van der Waals surface area contributed by atoms with Crippen molar-refractivity contribution in [1.82, 2.24) is 10.0 Å². The number of benzene rings is 1. The molecule has 2 N–H and O–H groups in total. The number of unbranched alkanes of at least 4 members (excludes halogenated alkanes) is 1. The summed E-state index contributed by atoms with van der Waals surface area (Å²) in [6.45, 7) is 3.33. The summed E-state index contributed by atoms with van der Waals surface area (Å²) in [4.78, 5) is 0. The van der Waals surface area contributed by atoms with E-state index in [0.717, 1.165) is 24.9 Å². The van der Waals surface area contributed by atoms with Crippen LogP contribution in [0.15, 0.2) is 24.3 Å². The van der Waals surface area contributed by atoms with Crippen molar-refractivity contribution in [2.45, 2.75) is 32.7 Å². The molecule has 4 nitrogen and oxygen atoms in total. The molecule has 1 rings (SSSR count). The molecule has 0 aliphatic carbocycles. The molecule has 1 aromatic carbocycles. The van der Waals surface area contributed by atoms with Gasteiger partial charge < -0.3 is 5.32 Å². The van der Waals surface area contributed by atoms with E-state index in [0.29, 0.717) is 13.0 Å². The van der Waals surface area contributed by atoms with Crippen molar-refractivity contribution in [2.24, 2.45) is 0 Å². The Balaban J connectivity index is 2.37. The SMILES string of the molecule is CCc1ccc(CNS(=O)(=O)CCCCNC)cc1. The minimum Gasteiger partial charge on any atom is -0.320 e. The van der Waals surface area contributed by atoms with E-state index in [1.807, 2.05) is 31.3 Å². The van der Waals surface area contributed by atoms with E-state index in [1.165, 1.54) is 5.56 Å². The number of nitrogens with one attached hydrogen (secondary N) is 2. The monoisotopic (exact) mass is 284 g/mol. The average Bonchev–Trinajstić information content (AvgIpc) is 2.42. The minimum absolute atomic E-state index is 0.196. The summed E-state index contributed by atoms with van der Waals surface area (Å²) in [6.07, 6.45) is 2.56. The second-order valence-electron chi connectivity index (χ2n) is 4.62. The standard InChI is InChI=1S/C14H24N2O2S/c1-3-13-6-8-14(9-7-13)12-16-19(17,18)11-5-4-10-15-2/h6-9,15-16H,3-5,10-12H2,1-2H3. The number of hydrogen-bond acceptors (Lipinski definition) is 3. The zero-order valence-electron chi connectivity index (χ0n) is 11.8. The second-order valence-corrected chi connectivity index (χ2v) is 6.55. The molecule has 108 valence electrons. The third-order valence-electron chi connectivity index (χ3n) is 3.02. The van der Waals surface area contributed by atoms with Gasteiger partial charge in [-0.1, -0.05) is 31.2 Å². The van der Waals surface area contributed by atoms with Crippen LogP contribution >= 0.6 is 0 Å². The summed E-state index contributed by atoms with van der Waals surface area (Å²) >= 11 is 0. The van der Waals surface area contributed by atoms with Gasteiger partial charge in [0.05, 0.1) is 5.75 Å². The molecule has 0 atom stereocenters. The van der Waals surface area contributed by atoms with E-state index in [4.69, 9.17) is 0 Å². The van der Waals surface area contributed by atoms with Crippen LogP contribution < -0.4 is 10.0 Å². The molecular formula is C14H24N2O2S. The molecule has 1 aromatic rings. The molecule has 19 heavy (non-hydrogen) atoms. The maximum atomic E-state index is 11.8. The Kier molecular flexibility index (Phi) is 7.05. The summed E-state index contributed by atoms with van der Waals surface area (Å²) in [6, 6.07) is 8.03. The largest absolute Gasteiger partial charge is 0.320 e. The van der Waals surface area contributed by atoms with Crippen LogP contribution in [0.25, 0.3) is 0 Å². The minimum atomic E-state index is -3.15. The molecule has 0 heterocycles. The van der Waals surface area contributed by atoms with Crippen LogP contribution in [0.3, 0.4) is 0 Å². The third kappa shape index (κ3) is 6.71. The molecule has 0 radical (unpaired) electrons. The van der Waals surface area contributed by atoms with E-state index in [-0.39, 0.29) is 5.75 Å². The van der Waals surface area contributed by atoms with E-state index in [2.05, 4.69) is 17.0 Å². The summed E-state index contributed by atoms with van der Waals surface area (Å²) in [5.74, 6) is 0.196. The molecule has 0 saturated carbocycles. The van der Waals surface area contributed by atoms with Crippen LogP contribution in [0.5, 0.6) is 0 Å². The van der Waals surface area contributed by atoms with Crippen molar-refractivity contribution < 1.29 is 8.42 Å². The smallest absolute Gasteiger partial charge is 0.211 e. The van der Waals surface area contributed by atoms with Gasteiger partial charge in [-0.05, 0) is 44.0 Å². The molecule has 0 amide bonds. The molecule has 0 aromatic heterocycles. The van der Waals surface area contributed by atoms with Crippen molar-refractivity contribution in [3.8, 4) is 0 Å². The number of hydrogen-bond donors (Lipinski definition) is 2. The van der Waals surface area contributed by atoms with Crippen LogP contribution in [-0.4, -0.2) is 27.8 Å². The Labute approximate surface area is 116 Å². The molecule has 5 heteroatoms. The lowest BCUT2D eigenvalue weighted by atomic mass is 10.1. The first-order chi connectivity index (χ1) is 9.07. The maximum absolute atomic E-state index is 11.8. The van der Waals surface area contributed by atoms with Crippen LogP contribution in [-0.2, 0) is 23.0 Å². The van der Waals surface area contributed by atoms with Crippen molar-refractivity contribution in [1.29, 1.82) is 0 Å². The predicted octanol–water partition coefficient (Wildman–Crippen LogP) is 1.67. The first-order valence-corrected chi connectivity index (χ1v) is 8.42. The highest BCUT2D eigenvalue weighted by Gasteiger charge is 2.09. The van der Waals surface area contributed by atoms with E-state index in [1.54, 1.807) is 0 Å². The van der Waals surface area contributed by atoms with Gasteiger partial charge in [0.1, 0.15) is 0 Å². The fourth-order valence-corrected chi connectivity index (χ4v) is 2.87. The normalized spacial score (nSPS) is 11.7. The molecule has 0 aliphatic heterocycles. The van der Waals surface area contributed by atoms with E-state index >= 15 is 0 Å². The zero-order chi connectivity index (χ0) is 14.1. The van der Waals surface area contributed by atoms with Gasteiger partial charge >= 0.3 is 0 Å². The molecule has 0 spiro atoms. The summed E-state index contributed by atoms with van der Waals surface area (Å²) in [5.41, 5.74) is 2.26. The van der Waals surface area contributed by atoms with Crippen molar-refractivity contribution in [3.63, 3.8) is 0 Å². The van der Waals surface area contributed by atoms with Crippen molar-refractivity contribution in [2.75, 3.05) is 19.3 Å². The lowest BCUT2D eigenvalue weighted by Gasteiger charge is -2.07. The van der Waals surface area contributed by atoms with Crippen LogP contribution in [0.1, 0.15) is 30.9 Å². The summed E-state index contributed by atoms with van der Waals surface area (Å²) in [7, 11) is -1.29. The summed E-state index contributed by atoms with van der Waals surface area (Å²) in [5, 5.41) is 3.01. The van der Waals surface area contributed by atoms with Crippen molar-refractivity contribution in [3.05, 3.63) is 35.4 Å². The molecular weight excluding hydrogens is 260 g/mol. The Bertz CT molecular complexity index is 455. The van der Waals surface area contributed by atoms with Gasteiger partial charge in [-0.15, -0.1) is 0 Å². The first-order valence-electron chi connectivity index (χ1n) is 6.77. The fourth-order valence-electron chi connectivity index (χ4n) is 1.75. The highest BCUT2D eigenvalue weighted by Crippen LogP contribution is 2.05. The van der Waals surface area contributed by atoms with E-state index in [9.17, 15) is 8.42 Å². The van der Waals surface area contributed by atoms with E-state index < -0.39 is 10.0 Å². The zero-order valence-corrected chi connectivity index (χ0v) is 12.6. The predicted molar refractivity (Wildman–Crippen MR) is 79.6 cm³/mol. The van der Waals surface area contributed by atoms with Gasteiger partial charge in [-0.2, -0.15) is 0 Å². The topological polar surface area (TPSA) is 58.2 Å². The number of aryl methyl sites for hydroxylation is 1. The van der Waals surface area contributed by atoms with Crippen LogP contribution in [0.4, 0.5) is 0 Å². The highest BCUT2D eigenvalue weighted by atomic mass is 32.2. The number of sulfonamides is 1. The third-order valence-corrected chi connectivity index (χ3v) is 4.43. The Morgan fingerprint density at radius 1 is 1.05 bits per heavy atom. The van der Waals surface area contributed by atoms with Crippen LogP contribution in [0, 0.1) is 0 Å². The Morgan fingerprint density at radius 2 is 1.68 bits per heavy atom. The van der Waals surface area contributed by atoms with Crippen molar-refractivity contribution >= 4 is 10.0 Å². The second kappa shape index (κ2) is 8.30. The average molecular weight is 284 g/mol. The van der Waals surface area contributed by atoms with Gasteiger partial charge in [0.2, 0.25) is 10.0 Å². The summed E-state index contributed by atoms with van der Waals surface area (Å²) < 4.78 is 26.2. The lowest BCUT2D eigenvalue weighted by Crippen LogP contribution is -2.26. The van der Waals surface area contributed by atoms with Crippen LogP contribution in [0.2, 0.25) is 0 Å². The molecule has 0 fully saturated rings. The fraction of sp³-hybridized carbons (Fsp3) is 0.571. The highest BCUT2D eigenvalue weighted by molar-refractivity contribution is 7.89. The molecule has 0 bridgehead atoms. The van der Waals surface area contributed by atoms with Gasteiger partial charge in [-0.25, -0.2) is 13.1 Å². The Morgan fingerprint density at radius 3 is 2.26 bits per heavy atom. The number of rotatable bonds is 9. The molecule has 0 aliphatic rings. The lowest BCUT2D eigenvalue weighted by molar-refractivity contribution is 0.575. The Hall–Kier alpha value is -0.910.